The van der Waals surface area contributed by atoms with E-state index in [2.05, 4.69) is 10.2 Å². The van der Waals surface area contributed by atoms with Crippen molar-refractivity contribution in [2.45, 2.75) is 13.5 Å². The predicted molar refractivity (Wildman–Crippen MR) is 69.5 cm³/mol. The Morgan fingerprint density at radius 1 is 1.33 bits per heavy atom. The fraction of sp³-hybridized carbons (Fsp3) is 0.333. The van der Waals surface area contributed by atoms with Crippen molar-refractivity contribution in [2.75, 3.05) is 13.2 Å². The zero-order valence-electron chi connectivity index (χ0n) is 9.97. The Kier molecular flexibility index (Phi) is 2.79. The van der Waals surface area contributed by atoms with E-state index in [1.807, 2.05) is 29.7 Å². The summed E-state index contributed by atoms with van der Waals surface area (Å²) in [4.78, 5) is 0. The van der Waals surface area contributed by atoms with E-state index in [1.165, 1.54) is 0 Å². The lowest BCUT2D eigenvalue weighted by atomic mass is 10.2. The highest BCUT2D eigenvalue weighted by molar-refractivity contribution is 7.71. The molecule has 1 N–H and O–H groups in total. The topological polar surface area (TPSA) is 52.1 Å². The van der Waals surface area contributed by atoms with Crippen molar-refractivity contribution in [1.29, 1.82) is 0 Å². The van der Waals surface area contributed by atoms with Gasteiger partial charge in [-0.3, -0.25) is 5.10 Å². The van der Waals surface area contributed by atoms with Gasteiger partial charge in [0.1, 0.15) is 13.2 Å². The summed E-state index contributed by atoms with van der Waals surface area (Å²) in [5.41, 5.74) is 0.966. The van der Waals surface area contributed by atoms with Crippen LogP contribution < -0.4 is 9.47 Å². The normalized spacial score (nSPS) is 13.6. The van der Waals surface area contributed by atoms with Crippen molar-refractivity contribution in [3.8, 4) is 22.9 Å². The Morgan fingerprint density at radius 3 is 2.89 bits per heavy atom. The highest BCUT2D eigenvalue weighted by Gasteiger charge is 2.15. The molecule has 1 aromatic heterocycles. The summed E-state index contributed by atoms with van der Waals surface area (Å²) < 4.78 is 13.6. The molecule has 0 saturated heterocycles. The SMILES string of the molecule is CCn1c(-c2ccc3c(c2)OCCO3)n[nH]c1=S. The number of nitrogens with zero attached hydrogens (tertiary/aromatic N) is 2. The van der Waals surface area contributed by atoms with E-state index >= 15 is 0 Å². The number of rotatable bonds is 2. The van der Waals surface area contributed by atoms with Crippen LogP contribution in [-0.2, 0) is 6.54 Å². The zero-order chi connectivity index (χ0) is 12.5. The maximum atomic E-state index is 5.57. The first-order valence-corrected chi connectivity index (χ1v) is 6.25. The fourth-order valence-corrected chi connectivity index (χ4v) is 2.28. The first-order valence-electron chi connectivity index (χ1n) is 5.85. The third-order valence-electron chi connectivity index (χ3n) is 2.87. The van der Waals surface area contributed by atoms with E-state index in [9.17, 15) is 0 Å². The molecule has 0 atom stereocenters. The van der Waals surface area contributed by atoms with Crippen LogP contribution in [0, 0.1) is 4.77 Å². The molecule has 0 spiro atoms. The van der Waals surface area contributed by atoms with Gasteiger partial charge in [0.15, 0.2) is 22.1 Å². The molecule has 1 aromatic carbocycles. The Balaban J connectivity index is 2.09. The van der Waals surface area contributed by atoms with E-state index in [4.69, 9.17) is 21.7 Å². The van der Waals surface area contributed by atoms with Crippen LogP contribution in [0.1, 0.15) is 6.92 Å². The number of aromatic nitrogens is 3. The van der Waals surface area contributed by atoms with E-state index < -0.39 is 0 Å². The van der Waals surface area contributed by atoms with Gasteiger partial charge in [0.25, 0.3) is 0 Å². The first kappa shape index (κ1) is 11.3. The highest BCUT2D eigenvalue weighted by atomic mass is 32.1. The second kappa shape index (κ2) is 4.45. The Hall–Kier alpha value is -1.82. The molecule has 0 saturated carbocycles. The molecular formula is C12H13N3O2S. The molecule has 0 radical (unpaired) electrons. The summed E-state index contributed by atoms with van der Waals surface area (Å²) in [6.45, 7) is 3.99. The van der Waals surface area contributed by atoms with Crippen LogP contribution in [0.2, 0.25) is 0 Å². The number of H-pyrrole nitrogens is 1. The minimum Gasteiger partial charge on any atom is -0.486 e. The van der Waals surface area contributed by atoms with Crippen LogP contribution in [0.3, 0.4) is 0 Å². The van der Waals surface area contributed by atoms with Crippen LogP contribution in [-0.4, -0.2) is 28.0 Å². The molecule has 2 heterocycles. The highest BCUT2D eigenvalue weighted by Crippen LogP contribution is 2.33. The van der Waals surface area contributed by atoms with Gasteiger partial charge in [0.05, 0.1) is 0 Å². The fourth-order valence-electron chi connectivity index (χ4n) is 2.01. The molecule has 94 valence electrons. The van der Waals surface area contributed by atoms with E-state index in [-0.39, 0.29) is 0 Å². The van der Waals surface area contributed by atoms with Gasteiger partial charge in [-0.25, -0.2) is 0 Å². The second-order valence-corrected chi connectivity index (χ2v) is 4.34. The zero-order valence-corrected chi connectivity index (χ0v) is 10.8. The molecule has 1 aliphatic rings. The summed E-state index contributed by atoms with van der Waals surface area (Å²) in [5, 5.41) is 7.07. The summed E-state index contributed by atoms with van der Waals surface area (Å²) in [6, 6.07) is 5.80. The standard InChI is InChI=1S/C12H13N3O2S/c1-2-15-11(13-14-12(15)18)8-3-4-9-10(7-8)17-6-5-16-9/h3-4,7H,2,5-6H2,1H3,(H,14,18). The molecule has 0 fully saturated rings. The maximum absolute atomic E-state index is 5.57. The van der Waals surface area contributed by atoms with Crippen LogP contribution in [0.5, 0.6) is 11.5 Å². The van der Waals surface area contributed by atoms with Gasteiger partial charge in [0, 0.05) is 12.1 Å². The van der Waals surface area contributed by atoms with Crippen LogP contribution in [0.15, 0.2) is 18.2 Å². The van der Waals surface area contributed by atoms with Crippen LogP contribution >= 0.6 is 12.2 Å². The summed E-state index contributed by atoms with van der Waals surface area (Å²) >= 11 is 5.18. The van der Waals surface area contributed by atoms with E-state index in [1.54, 1.807) is 0 Å². The largest absolute Gasteiger partial charge is 0.486 e. The lowest BCUT2D eigenvalue weighted by Crippen LogP contribution is -2.15. The molecule has 0 bridgehead atoms. The van der Waals surface area contributed by atoms with Crippen LogP contribution in [0.25, 0.3) is 11.4 Å². The molecular weight excluding hydrogens is 250 g/mol. The third kappa shape index (κ3) is 1.78. The van der Waals surface area contributed by atoms with Crippen molar-refractivity contribution in [2.24, 2.45) is 0 Å². The Bertz CT molecular complexity index is 632. The number of benzene rings is 1. The van der Waals surface area contributed by atoms with Crippen molar-refractivity contribution in [1.82, 2.24) is 14.8 Å². The first-order chi connectivity index (χ1) is 8.79. The predicted octanol–water partition coefficient (Wildman–Crippen LogP) is 2.40. The molecule has 1 aliphatic heterocycles. The quantitative estimate of drug-likeness (QED) is 0.845. The van der Waals surface area contributed by atoms with Gasteiger partial charge < -0.3 is 14.0 Å². The van der Waals surface area contributed by atoms with Gasteiger partial charge in [-0.15, -0.1) is 0 Å². The summed E-state index contributed by atoms with van der Waals surface area (Å²) in [6.07, 6.45) is 0. The van der Waals surface area contributed by atoms with Gasteiger partial charge in [0.2, 0.25) is 0 Å². The van der Waals surface area contributed by atoms with Gasteiger partial charge in [-0.05, 0) is 37.3 Å². The van der Waals surface area contributed by atoms with Crippen molar-refractivity contribution < 1.29 is 9.47 Å². The van der Waals surface area contributed by atoms with E-state index in [0.717, 1.165) is 29.4 Å². The number of nitrogens with one attached hydrogen (secondary N) is 1. The van der Waals surface area contributed by atoms with Gasteiger partial charge in [-0.2, -0.15) is 5.10 Å². The summed E-state index contributed by atoms with van der Waals surface area (Å²) in [5.74, 6) is 2.36. The summed E-state index contributed by atoms with van der Waals surface area (Å²) in [7, 11) is 0. The molecule has 0 amide bonds. The van der Waals surface area contributed by atoms with Gasteiger partial charge >= 0.3 is 0 Å². The van der Waals surface area contributed by atoms with E-state index in [0.29, 0.717) is 18.0 Å². The molecule has 5 nitrogen and oxygen atoms in total. The van der Waals surface area contributed by atoms with Crippen LogP contribution in [0.4, 0.5) is 0 Å². The smallest absolute Gasteiger partial charge is 0.195 e. The number of ether oxygens (including phenoxy) is 2. The third-order valence-corrected chi connectivity index (χ3v) is 3.19. The number of hydrogen-bond acceptors (Lipinski definition) is 4. The lowest BCUT2D eigenvalue weighted by Gasteiger charge is -2.18. The lowest BCUT2D eigenvalue weighted by molar-refractivity contribution is 0.171. The minimum absolute atomic E-state index is 0.580. The number of hydrogen-bond donors (Lipinski definition) is 1. The monoisotopic (exact) mass is 263 g/mol. The average Bonchev–Trinajstić information content (AvgIpc) is 2.79. The van der Waals surface area contributed by atoms with Crippen molar-refractivity contribution >= 4 is 12.2 Å². The van der Waals surface area contributed by atoms with Gasteiger partial charge in [-0.1, -0.05) is 0 Å². The van der Waals surface area contributed by atoms with Crippen molar-refractivity contribution in [3.05, 3.63) is 23.0 Å². The Labute approximate surface area is 109 Å². The maximum Gasteiger partial charge on any atom is 0.195 e. The molecule has 3 rings (SSSR count). The second-order valence-electron chi connectivity index (χ2n) is 3.96. The molecule has 18 heavy (non-hydrogen) atoms. The minimum atomic E-state index is 0.580. The molecule has 6 heteroatoms. The van der Waals surface area contributed by atoms with Crippen molar-refractivity contribution in [3.63, 3.8) is 0 Å². The molecule has 0 aliphatic carbocycles. The number of fused-ring (bicyclic) bond motifs is 1. The number of aromatic amines is 1. The molecule has 2 aromatic rings. The molecule has 0 unspecified atom stereocenters. The Morgan fingerprint density at radius 2 is 2.11 bits per heavy atom. The average molecular weight is 263 g/mol.